The van der Waals surface area contributed by atoms with Gasteiger partial charge in [0.05, 0.1) is 6.61 Å². The van der Waals surface area contributed by atoms with Crippen LogP contribution in [0.2, 0.25) is 0 Å². The summed E-state index contributed by atoms with van der Waals surface area (Å²) in [6, 6.07) is 5.21. The Balaban J connectivity index is 0.00000288. The Bertz CT molecular complexity index is 490. The summed E-state index contributed by atoms with van der Waals surface area (Å²) in [7, 11) is 1.98. The van der Waals surface area contributed by atoms with Gasteiger partial charge >= 0.3 is 6.61 Å². The van der Waals surface area contributed by atoms with Gasteiger partial charge < -0.3 is 14.8 Å². The average molecular weight is 365 g/mol. The van der Waals surface area contributed by atoms with E-state index in [9.17, 15) is 8.78 Å². The zero-order valence-corrected chi connectivity index (χ0v) is 15.1. The van der Waals surface area contributed by atoms with Gasteiger partial charge in [-0.05, 0) is 63.5 Å². The first kappa shape index (κ1) is 20.9. The van der Waals surface area contributed by atoms with Crippen LogP contribution in [0.4, 0.5) is 8.78 Å². The average Bonchev–Trinajstić information content (AvgIpc) is 2.50. The Morgan fingerprint density at radius 3 is 2.79 bits per heavy atom. The number of nitrogens with one attached hydrogen (secondary N) is 1. The molecule has 0 spiro atoms. The largest absolute Gasteiger partial charge is 0.490 e. The lowest BCUT2D eigenvalue weighted by atomic mass is 9.97. The van der Waals surface area contributed by atoms with E-state index in [0.29, 0.717) is 18.3 Å². The van der Waals surface area contributed by atoms with Crippen molar-refractivity contribution in [1.82, 2.24) is 10.2 Å². The molecule has 0 bridgehead atoms. The highest BCUT2D eigenvalue weighted by atomic mass is 35.5. The maximum Gasteiger partial charge on any atom is 0.387 e. The number of hydrogen-bond acceptors (Lipinski definition) is 4. The van der Waals surface area contributed by atoms with Crippen LogP contribution in [0.25, 0.3) is 0 Å². The first-order valence-electron chi connectivity index (χ1n) is 8.19. The summed E-state index contributed by atoms with van der Waals surface area (Å²) >= 11 is 0. The number of rotatable bonds is 8. The summed E-state index contributed by atoms with van der Waals surface area (Å²) in [5, 5.41) is 3.24. The predicted molar refractivity (Wildman–Crippen MR) is 93.4 cm³/mol. The SMILES string of the molecule is CCOc1cc(CN2CCCC(CNC)C2)ccc1OC(F)F.Cl. The monoisotopic (exact) mass is 364 g/mol. The molecule has 2 rings (SSSR count). The van der Waals surface area contributed by atoms with E-state index in [0.717, 1.165) is 31.7 Å². The van der Waals surface area contributed by atoms with Crippen LogP contribution in [0, 0.1) is 5.92 Å². The molecule has 0 radical (unpaired) electrons. The minimum absolute atomic E-state index is 0. The first-order valence-corrected chi connectivity index (χ1v) is 8.19. The molecule has 0 aromatic heterocycles. The summed E-state index contributed by atoms with van der Waals surface area (Å²) in [6.07, 6.45) is 2.44. The zero-order chi connectivity index (χ0) is 16.7. The number of benzene rings is 1. The first-order chi connectivity index (χ1) is 11.1. The van der Waals surface area contributed by atoms with Gasteiger partial charge in [0.2, 0.25) is 0 Å². The van der Waals surface area contributed by atoms with E-state index in [-0.39, 0.29) is 18.2 Å². The molecule has 4 nitrogen and oxygen atoms in total. The maximum absolute atomic E-state index is 12.4. The van der Waals surface area contributed by atoms with Crippen LogP contribution in [0.15, 0.2) is 18.2 Å². The van der Waals surface area contributed by atoms with E-state index in [1.54, 1.807) is 6.07 Å². The van der Waals surface area contributed by atoms with Gasteiger partial charge in [0, 0.05) is 13.1 Å². The third-order valence-electron chi connectivity index (χ3n) is 4.03. The standard InChI is InChI=1S/C17H26F2N2O2.ClH/c1-3-22-16-9-13(6-7-15(16)23-17(18)19)11-21-8-4-5-14(12-21)10-20-2;/h6-7,9,14,17,20H,3-5,8,10-12H2,1-2H3;1H. The van der Waals surface area contributed by atoms with Crippen molar-refractivity contribution in [2.45, 2.75) is 32.9 Å². The maximum atomic E-state index is 12.4. The minimum atomic E-state index is -2.84. The van der Waals surface area contributed by atoms with Crippen molar-refractivity contribution in [2.75, 3.05) is 33.3 Å². The van der Waals surface area contributed by atoms with Crippen molar-refractivity contribution in [1.29, 1.82) is 0 Å². The molecule has 1 atom stereocenters. The lowest BCUT2D eigenvalue weighted by Crippen LogP contribution is -2.38. The molecule has 24 heavy (non-hydrogen) atoms. The number of nitrogens with zero attached hydrogens (tertiary/aromatic N) is 1. The number of likely N-dealkylation sites (tertiary alicyclic amines) is 1. The van der Waals surface area contributed by atoms with E-state index in [2.05, 4.69) is 15.0 Å². The molecule has 0 aliphatic carbocycles. The van der Waals surface area contributed by atoms with Gasteiger partial charge in [-0.15, -0.1) is 12.4 Å². The van der Waals surface area contributed by atoms with Crippen molar-refractivity contribution in [3.8, 4) is 11.5 Å². The molecule has 1 fully saturated rings. The Morgan fingerprint density at radius 2 is 2.12 bits per heavy atom. The highest BCUT2D eigenvalue weighted by Gasteiger charge is 2.20. The Morgan fingerprint density at radius 1 is 1.33 bits per heavy atom. The smallest absolute Gasteiger partial charge is 0.387 e. The second kappa shape index (κ2) is 10.7. The molecule has 1 aromatic carbocycles. The van der Waals surface area contributed by atoms with Crippen molar-refractivity contribution >= 4 is 12.4 Å². The molecule has 1 N–H and O–H groups in total. The van der Waals surface area contributed by atoms with E-state index in [4.69, 9.17) is 4.74 Å². The van der Waals surface area contributed by atoms with Crippen LogP contribution in [-0.4, -0.2) is 44.8 Å². The minimum Gasteiger partial charge on any atom is -0.490 e. The van der Waals surface area contributed by atoms with Crippen molar-refractivity contribution in [2.24, 2.45) is 5.92 Å². The van der Waals surface area contributed by atoms with Crippen molar-refractivity contribution in [3.05, 3.63) is 23.8 Å². The van der Waals surface area contributed by atoms with Gasteiger partial charge in [0.25, 0.3) is 0 Å². The fraction of sp³-hybridized carbons (Fsp3) is 0.647. The molecular weight excluding hydrogens is 338 g/mol. The molecule has 1 aromatic rings. The molecule has 1 unspecified atom stereocenters. The van der Waals surface area contributed by atoms with E-state index in [1.165, 1.54) is 12.8 Å². The second-order valence-electron chi connectivity index (χ2n) is 5.89. The third-order valence-corrected chi connectivity index (χ3v) is 4.03. The molecule has 0 amide bonds. The quantitative estimate of drug-likeness (QED) is 0.765. The molecule has 0 saturated carbocycles. The molecule has 1 aliphatic rings. The van der Waals surface area contributed by atoms with Crippen LogP contribution in [0.5, 0.6) is 11.5 Å². The second-order valence-corrected chi connectivity index (χ2v) is 5.89. The van der Waals surface area contributed by atoms with Gasteiger partial charge in [-0.1, -0.05) is 6.07 Å². The van der Waals surface area contributed by atoms with Crippen molar-refractivity contribution < 1.29 is 18.3 Å². The lowest BCUT2D eigenvalue weighted by molar-refractivity contribution is -0.0514. The molecular formula is C17H27ClF2N2O2. The van der Waals surface area contributed by atoms with Gasteiger partial charge in [-0.2, -0.15) is 8.78 Å². The fourth-order valence-corrected chi connectivity index (χ4v) is 3.12. The Kier molecular flexibility index (Phi) is 9.33. The lowest BCUT2D eigenvalue weighted by Gasteiger charge is -2.32. The van der Waals surface area contributed by atoms with E-state index >= 15 is 0 Å². The van der Waals surface area contributed by atoms with Crippen molar-refractivity contribution in [3.63, 3.8) is 0 Å². The number of halogens is 3. The molecule has 1 heterocycles. The highest BCUT2D eigenvalue weighted by molar-refractivity contribution is 5.85. The van der Waals surface area contributed by atoms with Gasteiger partial charge in [0.15, 0.2) is 11.5 Å². The number of hydrogen-bond donors (Lipinski definition) is 1. The summed E-state index contributed by atoms with van der Waals surface area (Å²) in [5.41, 5.74) is 1.06. The van der Waals surface area contributed by atoms with Gasteiger partial charge in [-0.25, -0.2) is 0 Å². The van der Waals surface area contributed by atoms with Gasteiger partial charge in [0.1, 0.15) is 0 Å². The molecule has 1 saturated heterocycles. The normalized spacial score (nSPS) is 18.3. The molecule has 1 aliphatic heterocycles. The summed E-state index contributed by atoms with van der Waals surface area (Å²) in [5.74, 6) is 1.15. The molecule has 138 valence electrons. The zero-order valence-electron chi connectivity index (χ0n) is 14.3. The summed E-state index contributed by atoms with van der Waals surface area (Å²) < 4.78 is 34.8. The fourth-order valence-electron chi connectivity index (χ4n) is 3.12. The Hall–Kier alpha value is -1.11. The van der Waals surface area contributed by atoms with Crippen LogP contribution < -0.4 is 14.8 Å². The summed E-state index contributed by atoms with van der Waals surface area (Å²) in [4.78, 5) is 2.41. The van der Waals surface area contributed by atoms with Crippen LogP contribution in [0.1, 0.15) is 25.3 Å². The van der Waals surface area contributed by atoms with Crippen LogP contribution in [0.3, 0.4) is 0 Å². The van der Waals surface area contributed by atoms with E-state index in [1.807, 2.05) is 26.1 Å². The summed E-state index contributed by atoms with van der Waals surface area (Å²) in [6.45, 7) is 3.35. The van der Waals surface area contributed by atoms with Crippen LogP contribution in [-0.2, 0) is 6.54 Å². The highest BCUT2D eigenvalue weighted by Crippen LogP contribution is 2.30. The number of piperidine rings is 1. The number of alkyl halides is 2. The predicted octanol–water partition coefficient (Wildman–Crippen LogP) is 3.54. The topological polar surface area (TPSA) is 33.7 Å². The molecule has 7 heteroatoms. The van der Waals surface area contributed by atoms with Gasteiger partial charge in [-0.3, -0.25) is 4.90 Å². The van der Waals surface area contributed by atoms with E-state index < -0.39 is 6.61 Å². The third kappa shape index (κ3) is 6.42. The number of ether oxygens (including phenoxy) is 2. The van der Waals surface area contributed by atoms with Crippen LogP contribution >= 0.6 is 12.4 Å². The Labute approximate surface area is 148 Å².